The minimum atomic E-state index is -0.762. The fraction of sp³-hybridized carbons (Fsp3) is 0.952. The number of rotatable bonds is 58. The van der Waals surface area contributed by atoms with Crippen molar-refractivity contribution in [3.63, 3.8) is 0 Å². The molecule has 6 nitrogen and oxygen atoms in total. The van der Waals surface area contributed by atoms with Crippen molar-refractivity contribution in [2.75, 3.05) is 13.2 Å². The first-order chi connectivity index (χ1) is 33.9. The molecule has 0 saturated heterocycles. The van der Waals surface area contributed by atoms with Crippen LogP contribution < -0.4 is 0 Å². The summed E-state index contributed by atoms with van der Waals surface area (Å²) >= 11 is 0. The number of hydrogen-bond acceptors (Lipinski definition) is 6. The Balaban J connectivity index is 4.28. The zero-order valence-corrected chi connectivity index (χ0v) is 47.3. The average molecular weight is 976 g/mol. The van der Waals surface area contributed by atoms with Crippen molar-refractivity contribution in [2.24, 2.45) is 5.92 Å². The SMILES string of the molecule is CCCCCCCCCCCCCCCCCCCCC(=O)O[C@@H](COC(=O)CCCCCCCCCCCCCCCCC)COC(=O)CCCCCCCCCCCCCCCCCC(C)C. The van der Waals surface area contributed by atoms with Gasteiger partial charge in [0.25, 0.3) is 0 Å². The van der Waals surface area contributed by atoms with Gasteiger partial charge in [-0.1, -0.05) is 323 Å². The summed E-state index contributed by atoms with van der Waals surface area (Å²) in [5, 5.41) is 0. The molecule has 0 radical (unpaired) electrons. The average Bonchev–Trinajstić information content (AvgIpc) is 3.34. The Kier molecular flexibility index (Phi) is 56.0. The van der Waals surface area contributed by atoms with E-state index in [2.05, 4.69) is 27.7 Å². The standard InChI is InChI=1S/C63H122O6/c1-5-7-9-11-13-15-17-19-21-22-23-27-32-36-40-44-48-52-56-63(66)69-60(57-67-61(64)54-50-46-42-38-34-30-25-20-18-16-14-12-10-8-6-2)58-68-62(65)55-51-47-43-39-35-31-28-24-26-29-33-37-41-45-49-53-59(3)4/h59-60H,5-58H2,1-4H3/t60-/m0/s1. The highest BCUT2D eigenvalue weighted by molar-refractivity contribution is 5.71. The van der Waals surface area contributed by atoms with Crippen LogP contribution in [0.25, 0.3) is 0 Å². The molecule has 1 atom stereocenters. The van der Waals surface area contributed by atoms with Gasteiger partial charge in [-0.25, -0.2) is 0 Å². The number of hydrogen-bond donors (Lipinski definition) is 0. The van der Waals surface area contributed by atoms with Crippen molar-refractivity contribution in [2.45, 2.75) is 368 Å². The smallest absolute Gasteiger partial charge is 0.306 e. The number of carbonyl (C=O) groups is 3. The third-order valence-electron chi connectivity index (χ3n) is 14.5. The van der Waals surface area contributed by atoms with Crippen LogP contribution in [0.1, 0.15) is 362 Å². The van der Waals surface area contributed by atoms with E-state index < -0.39 is 6.10 Å². The van der Waals surface area contributed by atoms with Gasteiger partial charge in [0.15, 0.2) is 6.10 Å². The minimum absolute atomic E-state index is 0.0612. The summed E-state index contributed by atoms with van der Waals surface area (Å²) in [5.41, 5.74) is 0. The first-order valence-electron chi connectivity index (χ1n) is 31.4. The van der Waals surface area contributed by atoms with Gasteiger partial charge in [-0.2, -0.15) is 0 Å². The molecular formula is C63H122O6. The zero-order chi connectivity index (χ0) is 50.2. The molecule has 0 aromatic rings. The molecule has 0 unspecified atom stereocenters. The first-order valence-corrected chi connectivity index (χ1v) is 31.4. The lowest BCUT2D eigenvalue weighted by Crippen LogP contribution is -2.30. The summed E-state index contributed by atoms with van der Waals surface area (Å²) in [6.45, 7) is 9.09. The van der Waals surface area contributed by atoms with E-state index in [1.165, 1.54) is 257 Å². The normalized spacial score (nSPS) is 12.0. The first kappa shape index (κ1) is 67.4. The second-order valence-electron chi connectivity index (χ2n) is 22.2. The van der Waals surface area contributed by atoms with Gasteiger partial charge in [-0.05, 0) is 25.2 Å². The van der Waals surface area contributed by atoms with Gasteiger partial charge >= 0.3 is 17.9 Å². The summed E-state index contributed by atoms with van der Waals surface area (Å²) in [6, 6.07) is 0. The van der Waals surface area contributed by atoms with Crippen molar-refractivity contribution < 1.29 is 28.6 Å². The molecule has 0 spiro atoms. The molecule has 0 aliphatic heterocycles. The van der Waals surface area contributed by atoms with E-state index in [0.29, 0.717) is 19.3 Å². The van der Waals surface area contributed by atoms with Crippen LogP contribution in [-0.2, 0) is 28.6 Å². The molecule has 0 aromatic carbocycles. The fourth-order valence-electron chi connectivity index (χ4n) is 9.81. The molecule has 0 N–H and O–H groups in total. The number of unbranched alkanes of at least 4 members (excludes halogenated alkanes) is 45. The molecule has 0 rings (SSSR count). The van der Waals surface area contributed by atoms with E-state index in [4.69, 9.17) is 14.2 Å². The van der Waals surface area contributed by atoms with Crippen LogP contribution in [0, 0.1) is 5.92 Å². The van der Waals surface area contributed by atoms with E-state index in [1.54, 1.807) is 0 Å². The highest BCUT2D eigenvalue weighted by Crippen LogP contribution is 2.19. The van der Waals surface area contributed by atoms with E-state index in [0.717, 1.165) is 63.7 Å². The van der Waals surface area contributed by atoms with Crippen molar-refractivity contribution in [1.29, 1.82) is 0 Å². The molecule has 6 heteroatoms. The topological polar surface area (TPSA) is 78.9 Å². The number of carbonyl (C=O) groups excluding carboxylic acids is 3. The van der Waals surface area contributed by atoms with Gasteiger partial charge in [-0.3, -0.25) is 14.4 Å². The molecule has 0 saturated carbocycles. The van der Waals surface area contributed by atoms with Gasteiger partial charge in [0.1, 0.15) is 13.2 Å². The summed E-state index contributed by atoms with van der Waals surface area (Å²) in [5.74, 6) is 0.0208. The van der Waals surface area contributed by atoms with Crippen molar-refractivity contribution >= 4 is 17.9 Å². The predicted octanol–water partition coefficient (Wildman–Crippen LogP) is 21.0. The summed E-state index contributed by atoms with van der Waals surface area (Å²) < 4.78 is 16.9. The lowest BCUT2D eigenvalue weighted by atomic mass is 10.0. The van der Waals surface area contributed by atoms with Crippen molar-refractivity contribution in [1.82, 2.24) is 0 Å². The second kappa shape index (κ2) is 57.3. The number of esters is 3. The molecular weight excluding hydrogens is 853 g/mol. The van der Waals surface area contributed by atoms with Crippen LogP contribution in [0.2, 0.25) is 0 Å². The Bertz CT molecular complexity index is 1040. The molecule has 410 valence electrons. The highest BCUT2D eigenvalue weighted by atomic mass is 16.6. The summed E-state index contributed by atoms with van der Waals surface area (Å²) in [4.78, 5) is 38.3. The molecule has 0 amide bonds. The van der Waals surface area contributed by atoms with Gasteiger partial charge in [0.2, 0.25) is 0 Å². The van der Waals surface area contributed by atoms with Crippen LogP contribution in [-0.4, -0.2) is 37.2 Å². The molecule has 69 heavy (non-hydrogen) atoms. The van der Waals surface area contributed by atoms with E-state index in [9.17, 15) is 14.4 Å². The maximum atomic E-state index is 12.9. The molecule has 0 aromatic heterocycles. The van der Waals surface area contributed by atoms with E-state index in [-0.39, 0.29) is 31.1 Å². The van der Waals surface area contributed by atoms with Crippen molar-refractivity contribution in [3.8, 4) is 0 Å². The lowest BCUT2D eigenvalue weighted by Gasteiger charge is -2.18. The Morgan fingerprint density at radius 2 is 0.478 bits per heavy atom. The Morgan fingerprint density at radius 3 is 0.710 bits per heavy atom. The Labute approximate surface area is 431 Å². The van der Waals surface area contributed by atoms with Crippen LogP contribution in [0.3, 0.4) is 0 Å². The van der Waals surface area contributed by atoms with Crippen molar-refractivity contribution in [3.05, 3.63) is 0 Å². The van der Waals surface area contributed by atoms with Gasteiger partial charge < -0.3 is 14.2 Å². The predicted molar refractivity (Wildman–Crippen MR) is 298 cm³/mol. The monoisotopic (exact) mass is 975 g/mol. The van der Waals surface area contributed by atoms with Gasteiger partial charge in [0.05, 0.1) is 0 Å². The van der Waals surface area contributed by atoms with E-state index >= 15 is 0 Å². The van der Waals surface area contributed by atoms with E-state index in [1.807, 2.05) is 0 Å². The fourth-order valence-corrected chi connectivity index (χ4v) is 9.81. The quantitative estimate of drug-likeness (QED) is 0.0343. The Hall–Kier alpha value is -1.59. The molecule has 0 fully saturated rings. The maximum absolute atomic E-state index is 12.9. The van der Waals surface area contributed by atoms with Crippen LogP contribution >= 0.6 is 0 Å². The third kappa shape index (κ3) is 57.2. The highest BCUT2D eigenvalue weighted by Gasteiger charge is 2.19. The summed E-state index contributed by atoms with van der Waals surface area (Å²) in [7, 11) is 0. The van der Waals surface area contributed by atoms with Crippen LogP contribution in [0.15, 0.2) is 0 Å². The largest absolute Gasteiger partial charge is 0.462 e. The molecule has 0 aliphatic carbocycles. The Morgan fingerprint density at radius 1 is 0.275 bits per heavy atom. The maximum Gasteiger partial charge on any atom is 0.306 e. The molecule has 0 bridgehead atoms. The second-order valence-corrected chi connectivity index (χ2v) is 22.2. The van der Waals surface area contributed by atoms with Crippen LogP contribution in [0.4, 0.5) is 0 Å². The zero-order valence-electron chi connectivity index (χ0n) is 47.3. The molecule has 0 aliphatic rings. The number of ether oxygens (including phenoxy) is 3. The summed E-state index contributed by atoms with van der Waals surface area (Å²) in [6.07, 6.45) is 63.8. The third-order valence-corrected chi connectivity index (χ3v) is 14.5. The van der Waals surface area contributed by atoms with Gasteiger partial charge in [0, 0.05) is 19.3 Å². The van der Waals surface area contributed by atoms with Gasteiger partial charge in [-0.15, -0.1) is 0 Å². The van der Waals surface area contributed by atoms with Crippen LogP contribution in [0.5, 0.6) is 0 Å². The lowest BCUT2D eigenvalue weighted by molar-refractivity contribution is -0.167. The molecule has 0 heterocycles. The minimum Gasteiger partial charge on any atom is -0.462 e.